The molecule has 4 heteroatoms. The summed E-state index contributed by atoms with van der Waals surface area (Å²) in [4.78, 5) is 14.2. The number of halogens is 1. The monoisotopic (exact) mass is 264 g/mol. The van der Waals surface area contributed by atoms with Crippen molar-refractivity contribution in [2.75, 3.05) is 13.6 Å². The van der Waals surface area contributed by atoms with E-state index in [0.717, 1.165) is 12.8 Å². The number of benzene rings is 1. The highest BCUT2D eigenvalue weighted by molar-refractivity contribution is 5.79. The Morgan fingerprint density at radius 2 is 2.16 bits per heavy atom. The van der Waals surface area contributed by atoms with E-state index in [1.807, 2.05) is 24.9 Å². The van der Waals surface area contributed by atoms with Crippen molar-refractivity contribution in [3.05, 3.63) is 35.6 Å². The quantitative estimate of drug-likeness (QED) is 0.854. The van der Waals surface area contributed by atoms with E-state index >= 15 is 0 Å². The molecule has 2 rings (SSSR count). The zero-order valence-corrected chi connectivity index (χ0v) is 11.5. The van der Waals surface area contributed by atoms with E-state index in [2.05, 4.69) is 5.32 Å². The third-order valence-electron chi connectivity index (χ3n) is 3.50. The molecule has 0 aromatic heterocycles. The Balaban J connectivity index is 2.08. The van der Waals surface area contributed by atoms with Crippen LogP contribution in [0, 0.1) is 11.7 Å². The molecule has 0 bridgehead atoms. The van der Waals surface area contributed by atoms with Crippen LogP contribution in [-0.4, -0.2) is 30.4 Å². The van der Waals surface area contributed by atoms with Gasteiger partial charge in [0.15, 0.2) is 0 Å². The summed E-state index contributed by atoms with van der Waals surface area (Å²) in [6.07, 6.45) is 2.07. The Kier molecular flexibility index (Phi) is 4.53. The van der Waals surface area contributed by atoms with Crippen LogP contribution in [0.1, 0.15) is 25.3 Å². The maximum absolute atomic E-state index is 13.7. The minimum absolute atomic E-state index is 0.0719. The third-order valence-corrected chi connectivity index (χ3v) is 3.50. The average molecular weight is 264 g/mol. The topological polar surface area (TPSA) is 32.3 Å². The number of hydrogen-bond acceptors (Lipinski definition) is 2. The molecule has 19 heavy (non-hydrogen) atoms. The second-order valence-corrected chi connectivity index (χ2v) is 5.25. The number of nitrogens with one attached hydrogen (secondary N) is 1. The number of amides is 1. The number of nitrogens with zero attached hydrogens (tertiary/aromatic N) is 1. The molecule has 0 spiro atoms. The van der Waals surface area contributed by atoms with E-state index in [9.17, 15) is 9.18 Å². The van der Waals surface area contributed by atoms with Crippen LogP contribution in [-0.2, 0) is 11.3 Å². The molecule has 1 unspecified atom stereocenters. The fourth-order valence-electron chi connectivity index (χ4n) is 2.26. The summed E-state index contributed by atoms with van der Waals surface area (Å²) in [5.74, 6) is -0.195. The highest BCUT2D eigenvalue weighted by Crippen LogP contribution is 2.30. The minimum Gasteiger partial charge on any atom is -0.335 e. The summed E-state index contributed by atoms with van der Waals surface area (Å²) < 4.78 is 13.7. The van der Waals surface area contributed by atoms with Crippen LogP contribution in [0.5, 0.6) is 0 Å². The molecule has 1 N–H and O–H groups in total. The van der Waals surface area contributed by atoms with Crippen molar-refractivity contribution in [1.82, 2.24) is 10.2 Å². The smallest absolute Gasteiger partial charge is 0.227 e. The van der Waals surface area contributed by atoms with Crippen LogP contribution in [0.2, 0.25) is 0 Å². The predicted octanol–water partition coefficient (Wildman–Crippen LogP) is 2.17. The van der Waals surface area contributed by atoms with Gasteiger partial charge in [-0.25, -0.2) is 4.39 Å². The van der Waals surface area contributed by atoms with Gasteiger partial charge in [-0.2, -0.15) is 0 Å². The second kappa shape index (κ2) is 6.15. The van der Waals surface area contributed by atoms with E-state index < -0.39 is 0 Å². The number of hydrogen-bond donors (Lipinski definition) is 1. The zero-order valence-electron chi connectivity index (χ0n) is 11.5. The van der Waals surface area contributed by atoms with Crippen molar-refractivity contribution < 1.29 is 9.18 Å². The van der Waals surface area contributed by atoms with Crippen LogP contribution in [0.15, 0.2) is 24.3 Å². The van der Waals surface area contributed by atoms with Crippen LogP contribution >= 0.6 is 0 Å². The van der Waals surface area contributed by atoms with E-state index in [-0.39, 0.29) is 17.6 Å². The van der Waals surface area contributed by atoms with Crippen molar-refractivity contribution in [1.29, 1.82) is 0 Å². The zero-order chi connectivity index (χ0) is 13.8. The number of carbonyl (C=O) groups is 1. The second-order valence-electron chi connectivity index (χ2n) is 5.25. The molecule has 1 aromatic rings. The Morgan fingerprint density at radius 1 is 1.47 bits per heavy atom. The van der Waals surface area contributed by atoms with Crippen molar-refractivity contribution in [2.24, 2.45) is 5.92 Å². The third kappa shape index (κ3) is 3.53. The molecule has 1 amide bonds. The molecule has 1 saturated carbocycles. The average Bonchev–Trinajstić information content (AvgIpc) is 3.21. The van der Waals surface area contributed by atoms with Crippen LogP contribution in [0.3, 0.4) is 0 Å². The van der Waals surface area contributed by atoms with E-state index in [1.165, 1.54) is 6.07 Å². The van der Waals surface area contributed by atoms with Gasteiger partial charge in [0.25, 0.3) is 0 Å². The minimum atomic E-state index is -0.234. The first-order chi connectivity index (χ1) is 9.13. The van der Waals surface area contributed by atoms with E-state index in [1.54, 1.807) is 12.1 Å². The molecule has 1 atom stereocenters. The first kappa shape index (κ1) is 14.0. The summed E-state index contributed by atoms with van der Waals surface area (Å²) in [7, 11) is 1.84. The molecule has 104 valence electrons. The van der Waals surface area contributed by atoms with Gasteiger partial charge in [-0.15, -0.1) is 0 Å². The fourth-order valence-corrected chi connectivity index (χ4v) is 2.26. The molecule has 1 fully saturated rings. The number of rotatable bonds is 6. The van der Waals surface area contributed by atoms with Gasteiger partial charge in [-0.3, -0.25) is 4.79 Å². The van der Waals surface area contributed by atoms with Gasteiger partial charge in [-0.05, 0) is 26.0 Å². The van der Waals surface area contributed by atoms with Gasteiger partial charge in [0.2, 0.25) is 5.91 Å². The highest BCUT2D eigenvalue weighted by atomic mass is 19.1. The number of carbonyl (C=O) groups excluding carboxylic acids is 1. The SMILES string of the molecule is CNCC(C)C(=O)N(Cc1ccccc1F)C1CC1. The maximum atomic E-state index is 13.7. The summed E-state index contributed by atoms with van der Waals surface area (Å²) in [5.41, 5.74) is 0.597. The van der Waals surface area contributed by atoms with Gasteiger partial charge in [0.05, 0.1) is 0 Å². The molecule has 1 aromatic carbocycles. The molecular weight excluding hydrogens is 243 g/mol. The summed E-state index contributed by atoms with van der Waals surface area (Å²) in [5, 5.41) is 3.02. The fraction of sp³-hybridized carbons (Fsp3) is 0.533. The lowest BCUT2D eigenvalue weighted by Crippen LogP contribution is -2.39. The summed E-state index contributed by atoms with van der Waals surface area (Å²) in [6.45, 7) is 2.94. The maximum Gasteiger partial charge on any atom is 0.227 e. The van der Waals surface area contributed by atoms with Crippen molar-refractivity contribution in [3.63, 3.8) is 0 Å². The standard InChI is InChI=1S/C15H21FN2O/c1-11(9-17-2)15(19)18(13-7-8-13)10-12-5-3-4-6-14(12)16/h3-6,11,13,17H,7-10H2,1-2H3. The van der Waals surface area contributed by atoms with Crippen molar-refractivity contribution in [3.8, 4) is 0 Å². The molecule has 0 radical (unpaired) electrons. The van der Waals surface area contributed by atoms with Crippen LogP contribution in [0.25, 0.3) is 0 Å². The Labute approximate surface area is 113 Å². The van der Waals surface area contributed by atoms with E-state index in [4.69, 9.17) is 0 Å². The lowest BCUT2D eigenvalue weighted by Gasteiger charge is -2.26. The lowest BCUT2D eigenvalue weighted by molar-refractivity contribution is -0.136. The van der Waals surface area contributed by atoms with Crippen molar-refractivity contribution in [2.45, 2.75) is 32.4 Å². The molecule has 0 heterocycles. The van der Waals surface area contributed by atoms with Gasteiger partial charge < -0.3 is 10.2 Å². The Morgan fingerprint density at radius 3 is 2.74 bits per heavy atom. The Hall–Kier alpha value is -1.42. The van der Waals surface area contributed by atoms with Gasteiger partial charge >= 0.3 is 0 Å². The summed E-state index contributed by atoms with van der Waals surface area (Å²) >= 11 is 0. The van der Waals surface area contributed by atoms with Crippen LogP contribution in [0.4, 0.5) is 4.39 Å². The molecular formula is C15H21FN2O. The lowest BCUT2D eigenvalue weighted by atomic mass is 10.1. The largest absolute Gasteiger partial charge is 0.335 e. The summed E-state index contributed by atoms with van der Waals surface area (Å²) in [6, 6.07) is 6.98. The van der Waals surface area contributed by atoms with Crippen LogP contribution < -0.4 is 5.32 Å². The van der Waals surface area contributed by atoms with E-state index in [0.29, 0.717) is 24.7 Å². The first-order valence-corrected chi connectivity index (χ1v) is 6.82. The van der Waals surface area contributed by atoms with Gasteiger partial charge in [0, 0.05) is 30.6 Å². The molecule has 1 aliphatic rings. The molecule has 3 nitrogen and oxygen atoms in total. The molecule has 0 saturated heterocycles. The first-order valence-electron chi connectivity index (χ1n) is 6.82. The Bertz CT molecular complexity index is 446. The van der Waals surface area contributed by atoms with Gasteiger partial charge in [0.1, 0.15) is 5.82 Å². The molecule has 0 aliphatic heterocycles. The predicted molar refractivity (Wildman–Crippen MR) is 73.1 cm³/mol. The van der Waals surface area contributed by atoms with Gasteiger partial charge in [-0.1, -0.05) is 25.1 Å². The highest BCUT2D eigenvalue weighted by Gasteiger charge is 2.34. The normalized spacial score (nSPS) is 16.2. The molecule has 1 aliphatic carbocycles. The van der Waals surface area contributed by atoms with Crippen molar-refractivity contribution >= 4 is 5.91 Å².